The Kier molecular flexibility index (Phi) is 13.4. The first-order valence-electron chi connectivity index (χ1n) is 21.6. The maximum Gasteiger partial charge on any atom is 0.418 e. The van der Waals surface area contributed by atoms with Crippen LogP contribution in [0.1, 0.15) is 115 Å². The molecular weight excluding hydrogens is 945 g/mol. The SMILES string of the molecule is CC(C)(C)OC(=O)NC(=NCCc1cc([C@@H]2CC3(CC3)[C@@H]3CN2C(=O)N3OS(=O)(=O)O)no1)NC(=O)OC(C)(C)C.NC(N)=NCCc1cc([C@@H]2CC3(CC3)[C@@H]3CN2C(=O)N3OS(=O)(=O)O)no1. The van der Waals surface area contributed by atoms with Crippen LogP contribution in [0.2, 0.25) is 0 Å². The summed E-state index contributed by atoms with van der Waals surface area (Å²) in [7, 11) is -9.65. The van der Waals surface area contributed by atoms with Gasteiger partial charge in [-0.15, -0.1) is 8.57 Å². The second-order valence-corrected chi connectivity index (χ2v) is 21.5. The van der Waals surface area contributed by atoms with Gasteiger partial charge in [-0.25, -0.2) is 19.2 Å². The van der Waals surface area contributed by atoms with Crippen LogP contribution in [0.3, 0.4) is 0 Å². The highest BCUT2D eigenvalue weighted by Crippen LogP contribution is 2.63. The molecule has 0 aromatic carbocycles. The molecule has 6 fully saturated rings. The van der Waals surface area contributed by atoms with Crippen LogP contribution in [0.15, 0.2) is 31.2 Å². The summed E-state index contributed by atoms with van der Waals surface area (Å²) in [5.74, 6) is 0.830. The van der Waals surface area contributed by atoms with Crippen molar-refractivity contribution in [3.8, 4) is 0 Å². The predicted octanol–water partition coefficient (Wildman–Crippen LogP) is 2.24. The Hall–Kier alpha value is -5.82. The van der Waals surface area contributed by atoms with Gasteiger partial charge in [-0.3, -0.25) is 29.7 Å². The van der Waals surface area contributed by atoms with E-state index in [0.717, 1.165) is 35.8 Å². The molecule has 30 heteroatoms. The molecule has 0 unspecified atom stereocenters. The van der Waals surface area contributed by atoms with Gasteiger partial charge < -0.3 is 39.8 Å². The van der Waals surface area contributed by atoms with E-state index in [1.165, 1.54) is 9.80 Å². The molecule has 4 bridgehead atoms. The number of ether oxygens (including phenoxy) is 2. The number of rotatable bonds is 12. The van der Waals surface area contributed by atoms with Crippen LogP contribution in [0, 0.1) is 10.8 Å². The Balaban J connectivity index is 0.000000218. The number of nitrogens with zero attached hydrogens (tertiary/aromatic N) is 8. The van der Waals surface area contributed by atoms with Gasteiger partial charge in [0, 0.05) is 51.2 Å². The summed E-state index contributed by atoms with van der Waals surface area (Å²) in [5.41, 5.74) is 9.51. The van der Waals surface area contributed by atoms with Crippen LogP contribution in [-0.4, -0.2) is 142 Å². The number of alkyl carbamates (subject to hydrolysis) is 2. The van der Waals surface area contributed by atoms with Crippen molar-refractivity contribution in [2.45, 2.75) is 128 Å². The Morgan fingerprint density at radius 3 is 1.46 bits per heavy atom. The summed E-state index contributed by atoms with van der Waals surface area (Å²) in [5, 5.41) is 14.5. The van der Waals surface area contributed by atoms with Crippen LogP contribution in [0.4, 0.5) is 19.2 Å². The molecule has 376 valence electrons. The third-order valence-electron chi connectivity index (χ3n) is 12.0. The Morgan fingerprint density at radius 2 is 1.12 bits per heavy atom. The average Bonchev–Trinajstić information content (AvgIpc) is 3.91. The monoisotopic (exact) mass is 1000 g/mol. The molecule has 4 atom stereocenters. The van der Waals surface area contributed by atoms with Gasteiger partial charge in [0.2, 0.25) is 5.96 Å². The average molecular weight is 1000 g/mol. The van der Waals surface area contributed by atoms with Crippen LogP contribution in [0.25, 0.3) is 0 Å². The highest BCUT2D eigenvalue weighted by molar-refractivity contribution is 7.81. The number of hydroxylamine groups is 4. The normalized spacial score (nSPS) is 23.2. The minimum atomic E-state index is -4.87. The van der Waals surface area contributed by atoms with E-state index in [-0.39, 0.29) is 48.3 Å². The number of piperidine rings is 2. The van der Waals surface area contributed by atoms with Crippen LogP contribution < -0.4 is 22.1 Å². The number of amides is 6. The summed E-state index contributed by atoms with van der Waals surface area (Å²) < 4.78 is 93.4. The van der Waals surface area contributed by atoms with E-state index in [2.05, 4.69) is 39.5 Å². The van der Waals surface area contributed by atoms with Crippen molar-refractivity contribution in [2.24, 2.45) is 32.3 Å². The van der Waals surface area contributed by atoms with Crippen LogP contribution >= 0.6 is 0 Å². The van der Waals surface area contributed by atoms with E-state index in [9.17, 15) is 36.0 Å². The number of urea groups is 2. The number of hydrogen-bond acceptors (Lipinski definition) is 18. The van der Waals surface area contributed by atoms with Gasteiger partial charge in [-0.1, -0.05) is 10.3 Å². The summed E-state index contributed by atoms with van der Waals surface area (Å²) >= 11 is 0. The maximum atomic E-state index is 13.0. The fraction of sp³-hybridized carbons (Fsp3) is 0.684. The molecule has 2 aromatic heterocycles. The highest BCUT2D eigenvalue weighted by Gasteiger charge is 2.65. The number of aliphatic imine (C=N–C) groups is 2. The lowest BCUT2D eigenvalue weighted by molar-refractivity contribution is -0.0528. The highest BCUT2D eigenvalue weighted by atomic mass is 32.3. The zero-order valence-electron chi connectivity index (χ0n) is 38.1. The van der Waals surface area contributed by atoms with Crippen LogP contribution in [0.5, 0.6) is 0 Å². The van der Waals surface area contributed by atoms with Crippen molar-refractivity contribution in [1.29, 1.82) is 0 Å². The first kappa shape index (κ1) is 50.1. The van der Waals surface area contributed by atoms with E-state index >= 15 is 0 Å². The van der Waals surface area contributed by atoms with Gasteiger partial charge >= 0.3 is 45.0 Å². The number of aromatic nitrogens is 2. The fourth-order valence-electron chi connectivity index (χ4n) is 8.85. The van der Waals surface area contributed by atoms with Gasteiger partial charge in [0.25, 0.3) is 0 Å². The molecule has 8 rings (SSSR count). The molecule has 6 aliphatic rings. The number of hydrogen-bond donors (Lipinski definition) is 6. The third kappa shape index (κ3) is 12.1. The number of carbonyl (C=O) groups is 4. The molecule has 6 heterocycles. The molecule has 8 N–H and O–H groups in total. The largest absolute Gasteiger partial charge is 0.444 e. The molecule has 4 aliphatic heterocycles. The second-order valence-electron chi connectivity index (χ2n) is 19.4. The number of guanidine groups is 2. The lowest BCUT2D eigenvalue weighted by Crippen LogP contribution is -2.47. The van der Waals surface area contributed by atoms with Crippen LogP contribution in [-0.2, 0) is 51.7 Å². The minimum absolute atomic E-state index is 0.00896. The number of nitrogens with two attached hydrogens (primary N) is 2. The van der Waals surface area contributed by atoms with E-state index in [4.69, 9.17) is 39.1 Å². The van der Waals surface area contributed by atoms with Gasteiger partial charge in [0.15, 0.2) is 5.96 Å². The smallest absolute Gasteiger partial charge is 0.418 e. The summed E-state index contributed by atoms with van der Waals surface area (Å²) in [6, 6.07) is 0.389. The van der Waals surface area contributed by atoms with Crippen molar-refractivity contribution < 1.29 is 72.2 Å². The number of fused-ring (bicyclic) bond motifs is 6. The van der Waals surface area contributed by atoms with Crippen molar-refractivity contribution in [3.63, 3.8) is 0 Å². The molecule has 2 spiro atoms. The van der Waals surface area contributed by atoms with E-state index in [0.29, 0.717) is 55.3 Å². The maximum absolute atomic E-state index is 13.0. The summed E-state index contributed by atoms with van der Waals surface area (Å²) in [4.78, 5) is 61.2. The zero-order valence-corrected chi connectivity index (χ0v) is 39.7. The standard InChI is InChI=1S/C24H36N6O10S.C14H20N6O6S/c1-22(2,3)37-19(31)26-18(27-20(32)38-23(4,5)6)25-10-7-14-11-15(28-39-14)16-12-24(8-9-24)17-13-29(16)21(33)30(17)40-41(34,35)36;15-12(16)17-4-1-8-5-9(18-25-8)10-6-14(2-3-14)11-7-19(10)13(21)20(11)26-27(22,23)24/h11,16-17H,7-10,12-13H2,1-6H3,(H,34,35,36)(H2,25,26,27,31,32);5,10-11H,1-4,6-7H2,(H4,15,16,17)(H,22,23,24)/t16-,17-;10-,11-/m00/s1. The Bertz CT molecular complexity index is 2530. The lowest BCUT2D eigenvalue weighted by Gasteiger charge is -2.35. The third-order valence-corrected chi connectivity index (χ3v) is 12.7. The summed E-state index contributed by atoms with van der Waals surface area (Å²) in [6.07, 6.45) is 3.44. The van der Waals surface area contributed by atoms with Crippen molar-refractivity contribution >= 4 is 57.0 Å². The first-order valence-corrected chi connectivity index (χ1v) is 24.3. The Labute approximate surface area is 390 Å². The Morgan fingerprint density at radius 1 is 0.735 bits per heavy atom. The zero-order chi connectivity index (χ0) is 49.8. The fourth-order valence-corrected chi connectivity index (χ4v) is 9.59. The summed E-state index contributed by atoms with van der Waals surface area (Å²) in [6.45, 7) is 11.1. The van der Waals surface area contributed by atoms with Gasteiger partial charge in [0.1, 0.15) is 34.1 Å². The minimum Gasteiger partial charge on any atom is -0.444 e. The van der Waals surface area contributed by atoms with Gasteiger partial charge in [0.05, 0.1) is 24.2 Å². The molecular formula is C38H56N12O16S2. The number of nitrogens with one attached hydrogen (secondary N) is 2. The molecule has 6 amide bonds. The van der Waals surface area contributed by atoms with Crippen molar-refractivity contribution in [3.05, 3.63) is 35.0 Å². The molecule has 2 aromatic rings. The molecule has 2 saturated carbocycles. The quantitative estimate of drug-likeness (QED) is 0.101. The van der Waals surface area contributed by atoms with Crippen molar-refractivity contribution in [1.82, 2.24) is 40.9 Å². The van der Waals surface area contributed by atoms with Gasteiger partial charge in [-0.05, 0) is 90.9 Å². The molecule has 0 radical (unpaired) electrons. The van der Waals surface area contributed by atoms with Crippen molar-refractivity contribution in [2.75, 3.05) is 26.2 Å². The molecule has 28 nitrogen and oxygen atoms in total. The molecule has 68 heavy (non-hydrogen) atoms. The van der Waals surface area contributed by atoms with Gasteiger partial charge in [-0.2, -0.15) is 27.0 Å². The first-order chi connectivity index (χ1) is 31.5. The topological polar surface area (TPSA) is 380 Å². The second kappa shape index (κ2) is 18.3. The van der Waals surface area contributed by atoms with E-state index < -0.39 is 74.4 Å². The predicted molar refractivity (Wildman–Crippen MR) is 231 cm³/mol. The molecule has 4 saturated heterocycles. The van der Waals surface area contributed by atoms with E-state index in [1.807, 2.05) is 0 Å². The molecule has 2 aliphatic carbocycles. The van der Waals surface area contributed by atoms with E-state index in [1.54, 1.807) is 53.7 Å². The number of carbonyl (C=O) groups excluding carboxylic acids is 4. The lowest BCUT2D eigenvalue weighted by atomic mass is 9.84.